The average Bonchev–Trinajstić information content (AvgIpc) is 2.54. The lowest BCUT2D eigenvalue weighted by Crippen LogP contribution is -2.34. The molecule has 0 aromatic carbocycles. The van der Waals surface area contributed by atoms with E-state index in [1.54, 1.807) is 11.0 Å². The van der Waals surface area contributed by atoms with Crippen molar-refractivity contribution in [3.8, 4) is 0 Å². The van der Waals surface area contributed by atoms with Gasteiger partial charge in [0, 0.05) is 38.1 Å². The molecule has 3 N–H and O–H groups in total. The van der Waals surface area contributed by atoms with Crippen LogP contribution in [0.15, 0.2) is 12.1 Å². The third-order valence-electron chi connectivity index (χ3n) is 3.86. The van der Waals surface area contributed by atoms with E-state index in [1.165, 1.54) is 0 Å². The Kier molecular flexibility index (Phi) is 5.52. The standard InChI is InChI=1S/C15H24N4O2/c1-3-13-8-12(9-14(17-13)18-16)15(20)19(2)10-11-4-6-21-7-5-11/h8-9,11H,3-7,10,16H2,1-2H3,(H,17,18). The van der Waals surface area contributed by atoms with Crippen LogP contribution in [0.4, 0.5) is 5.82 Å². The number of rotatable bonds is 5. The number of aryl methyl sites for hydroxylation is 1. The van der Waals surface area contributed by atoms with Crippen LogP contribution in [0.1, 0.15) is 35.8 Å². The summed E-state index contributed by atoms with van der Waals surface area (Å²) in [5.41, 5.74) is 4.00. The number of amides is 1. The molecule has 2 rings (SSSR count). The van der Waals surface area contributed by atoms with E-state index in [-0.39, 0.29) is 5.91 Å². The summed E-state index contributed by atoms with van der Waals surface area (Å²) in [4.78, 5) is 18.6. The second-order valence-electron chi connectivity index (χ2n) is 5.47. The fourth-order valence-corrected chi connectivity index (χ4v) is 2.59. The molecule has 0 bridgehead atoms. The van der Waals surface area contributed by atoms with E-state index in [9.17, 15) is 4.79 Å². The van der Waals surface area contributed by atoms with Crippen LogP contribution >= 0.6 is 0 Å². The summed E-state index contributed by atoms with van der Waals surface area (Å²) in [5, 5.41) is 0. The number of nitrogens with zero attached hydrogens (tertiary/aromatic N) is 2. The smallest absolute Gasteiger partial charge is 0.253 e. The summed E-state index contributed by atoms with van der Waals surface area (Å²) in [5.74, 6) is 6.47. The molecule has 6 nitrogen and oxygen atoms in total. The molecule has 1 aromatic rings. The Balaban J connectivity index is 2.07. The van der Waals surface area contributed by atoms with Gasteiger partial charge in [0.05, 0.1) is 0 Å². The van der Waals surface area contributed by atoms with Crippen LogP contribution in [0.5, 0.6) is 0 Å². The van der Waals surface area contributed by atoms with Gasteiger partial charge in [-0.15, -0.1) is 0 Å². The van der Waals surface area contributed by atoms with E-state index in [4.69, 9.17) is 10.6 Å². The van der Waals surface area contributed by atoms with Crippen LogP contribution in [0, 0.1) is 5.92 Å². The van der Waals surface area contributed by atoms with E-state index >= 15 is 0 Å². The molecule has 0 aliphatic carbocycles. The summed E-state index contributed by atoms with van der Waals surface area (Å²) in [7, 11) is 1.85. The van der Waals surface area contributed by atoms with Crippen molar-refractivity contribution in [2.45, 2.75) is 26.2 Å². The summed E-state index contributed by atoms with van der Waals surface area (Å²) in [6, 6.07) is 3.53. The molecule has 2 heterocycles. The summed E-state index contributed by atoms with van der Waals surface area (Å²) >= 11 is 0. The molecule has 0 saturated carbocycles. The lowest BCUT2D eigenvalue weighted by Gasteiger charge is -2.27. The Bertz CT molecular complexity index is 464. The maximum absolute atomic E-state index is 12.6. The van der Waals surface area contributed by atoms with Crippen molar-refractivity contribution in [3.63, 3.8) is 0 Å². The van der Waals surface area contributed by atoms with Gasteiger partial charge in [-0.3, -0.25) is 4.79 Å². The quantitative estimate of drug-likeness (QED) is 0.634. The van der Waals surface area contributed by atoms with Crippen molar-refractivity contribution in [2.24, 2.45) is 11.8 Å². The van der Waals surface area contributed by atoms with Crippen LogP contribution in [0.25, 0.3) is 0 Å². The summed E-state index contributed by atoms with van der Waals surface area (Å²) in [6.07, 6.45) is 2.80. The molecular weight excluding hydrogens is 268 g/mol. The molecular formula is C15H24N4O2. The number of carbonyl (C=O) groups is 1. The van der Waals surface area contributed by atoms with Crippen molar-refractivity contribution in [1.29, 1.82) is 0 Å². The van der Waals surface area contributed by atoms with E-state index in [0.29, 0.717) is 17.3 Å². The number of aromatic nitrogens is 1. The van der Waals surface area contributed by atoms with Gasteiger partial charge in [0.25, 0.3) is 5.91 Å². The summed E-state index contributed by atoms with van der Waals surface area (Å²) < 4.78 is 5.35. The highest BCUT2D eigenvalue weighted by molar-refractivity contribution is 5.94. The van der Waals surface area contributed by atoms with Gasteiger partial charge in [-0.2, -0.15) is 0 Å². The third kappa shape index (κ3) is 4.15. The molecule has 1 aliphatic rings. The third-order valence-corrected chi connectivity index (χ3v) is 3.86. The van der Waals surface area contributed by atoms with Gasteiger partial charge in [0.1, 0.15) is 5.82 Å². The number of hydrogen-bond donors (Lipinski definition) is 2. The summed E-state index contributed by atoms with van der Waals surface area (Å²) in [6.45, 7) is 4.35. The number of nitrogens with two attached hydrogens (primary N) is 1. The van der Waals surface area contributed by atoms with Crippen LogP contribution in [0.2, 0.25) is 0 Å². The Morgan fingerprint density at radius 2 is 2.19 bits per heavy atom. The van der Waals surface area contributed by atoms with E-state index in [1.807, 2.05) is 20.0 Å². The first-order valence-corrected chi connectivity index (χ1v) is 7.44. The molecule has 1 saturated heterocycles. The Hall–Kier alpha value is -1.66. The minimum atomic E-state index is 0.00934. The number of nitrogens with one attached hydrogen (secondary N) is 1. The average molecular weight is 292 g/mol. The predicted molar refractivity (Wildman–Crippen MR) is 81.9 cm³/mol. The fourth-order valence-electron chi connectivity index (χ4n) is 2.59. The molecule has 0 radical (unpaired) electrons. The van der Waals surface area contributed by atoms with Gasteiger partial charge < -0.3 is 15.1 Å². The van der Waals surface area contributed by atoms with Gasteiger partial charge in [0.15, 0.2) is 0 Å². The lowest BCUT2D eigenvalue weighted by atomic mass is 9.99. The molecule has 1 fully saturated rings. The molecule has 1 aromatic heterocycles. The van der Waals surface area contributed by atoms with Crippen molar-refractivity contribution in [2.75, 3.05) is 32.2 Å². The maximum atomic E-state index is 12.6. The Morgan fingerprint density at radius 3 is 2.81 bits per heavy atom. The first kappa shape index (κ1) is 15.7. The highest BCUT2D eigenvalue weighted by Gasteiger charge is 2.20. The Morgan fingerprint density at radius 1 is 1.48 bits per heavy atom. The number of carbonyl (C=O) groups excluding carboxylic acids is 1. The number of hydrogen-bond acceptors (Lipinski definition) is 5. The zero-order chi connectivity index (χ0) is 15.2. The van der Waals surface area contributed by atoms with Gasteiger partial charge in [0.2, 0.25) is 0 Å². The minimum absolute atomic E-state index is 0.00934. The molecule has 6 heteroatoms. The zero-order valence-corrected chi connectivity index (χ0v) is 12.8. The van der Waals surface area contributed by atoms with Gasteiger partial charge in [-0.1, -0.05) is 6.92 Å². The second kappa shape index (κ2) is 7.38. The van der Waals surface area contributed by atoms with Crippen molar-refractivity contribution in [1.82, 2.24) is 9.88 Å². The second-order valence-corrected chi connectivity index (χ2v) is 5.47. The molecule has 0 atom stereocenters. The van der Waals surface area contributed by atoms with Crippen molar-refractivity contribution in [3.05, 3.63) is 23.4 Å². The van der Waals surface area contributed by atoms with Crippen LogP contribution in [0.3, 0.4) is 0 Å². The van der Waals surface area contributed by atoms with Gasteiger partial charge in [-0.05, 0) is 37.3 Å². The van der Waals surface area contributed by atoms with Crippen molar-refractivity contribution < 1.29 is 9.53 Å². The molecule has 1 amide bonds. The Labute approximate surface area is 125 Å². The number of ether oxygens (including phenoxy) is 1. The van der Waals surface area contributed by atoms with Crippen LogP contribution in [-0.2, 0) is 11.2 Å². The first-order valence-electron chi connectivity index (χ1n) is 7.44. The minimum Gasteiger partial charge on any atom is -0.381 e. The van der Waals surface area contributed by atoms with Gasteiger partial charge in [-0.25, -0.2) is 10.8 Å². The lowest BCUT2D eigenvalue weighted by molar-refractivity contribution is 0.0497. The topological polar surface area (TPSA) is 80.5 Å². The normalized spacial score (nSPS) is 15.8. The highest BCUT2D eigenvalue weighted by atomic mass is 16.5. The van der Waals surface area contributed by atoms with E-state index in [2.05, 4.69) is 10.4 Å². The fraction of sp³-hybridized carbons (Fsp3) is 0.600. The largest absolute Gasteiger partial charge is 0.381 e. The monoisotopic (exact) mass is 292 g/mol. The molecule has 1 aliphatic heterocycles. The first-order chi connectivity index (χ1) is 10.1. The number of hydrazine groups is 1. The predicted octanol–water partition coefficient (Wildman–Crippen LogP) is 1.43. The molecule has 116 valence electrons. The van der Waals surface area contributed by atoms with Crippen LogP contribution < -0.4 is 11.3 Å². The van der Waals surface area contributed by atoms with Gasteiger partial charge >= 0.3 is 0 Å². The molecule has 21 heavy (non-hydrogen) atoms. The van der Waals surface area contributed by atoms with Crippen LogP contribution in [-0.4, -0.2) is 42.6 Å². The highest BCUT2D eigenvalue weighted by Crippen LogP contribution is 2.18. The zero-order valence-electron chi connectivity index (χ0n) is 12.8. The molecule has 0 unspecified atom stereocenters. The van der Waals surface area contributed by atoms with Crippen molar-refractivity contribution >= 4 is 11.7 Å². The number of nitrogen functional groups attached to an aromatic ring is 1. The SMILES string of the molecule is CCc1cc(C(=O)N(C)CC2CCOCC2)cc(NN)n1. The number of pyridine rings is 1. The molecule has 0 spiro atoms. The number of anilines is 1. The van der Waals surface area contributed by atoms with E-state index < -0.39 is 0 Å². The maximum Gasteiger partial charge on any atom is 0.253 e. The van der Waals surface area contributed by atoms with E-state index in [0.717, 1.165) is 44.7 Å².